The van der Waals surface area contributed by atoms with Crippen LogP contribution in [0.1, 0.15) is 65.5 Å². The van der Waals surface area contributed by atoms with Crippen LogP contribution in [0.25, 0.3) is 44.7 Å². The Labute approximate surface area is 299 Å². The van der Waals surface area contributed by atoms with Crippen molar-refractivity contribution in [2.24, 2.45) is 23.7 Å². The average molecular weight is 655 g/mol. The molecule has 0 aliphatic heterocycles. The quantitative estimate of drug-likeness (QED) is 0.185. The van der Waals surface area contributed by atoms with Crippen LogP contribution in [-0.4, -0.2) is 9.97 Å². The van der Waals surface area contributed by atoms with E-state index in [4.69, 9.17) is 9.97 Å². The summed E-state index contributed by atoms with van der Waals surface area (Å²) < 4.78 is 0. The van der Waals surface area contributed by atoms with Crippen molar-refractivity contribution in [2.75, 3.05) is 0 Å². The van der Waals surface area contributed by atoms with Crippen LogP contribution in [0.5, 0.6) is 0 Å². The average Bonchev–Trinajstić information content (AvgIpc) is 3.48. The minimum Gasteiger partial charge on any atom is -0.228 e. The Morgan fingerprint density at radius 3 is 1.71 bits per heavy atom. The first-order valence-electron chi connectivity index (χ1n) is 19.0. The van der Waals surface area contributed by atoms with Gasteiger partial charge in [0, 0.05) is 21.9 Å². The molecule has 4 fully saturated rings. The van der Waals surface area contributed by atoms with Crippen LogP contribution in [-0.2, 0) is 10.8 Å². The van der Waals surface area contributed by atoms with Gasteiger partial charge < -0.3 is 0 Å². The third kappa shape index (κ3) is 3.53. The third-order valence-electron chi connectivity index (χ3n) is 13.9. The number of rotatable bonds is 2. The van der Waals surface area contributed by atoms with Gasteiger partial charge in [-0.3, -0.25) is 0 Å². The summed E-state index contributed by atoms with van der Waals surface area (Å²) >= 11 is 0. The van der Waals surface area contributed by atoms with E-state index in [1.807, 2.05) is 0 Å². The Bertz CT molecular complexity index is 2490. The number of fused-ring (bicyclic) bond motifs is 10. The number of aromatic nitrogens is 2. The Balaban J connectivity index is 1.20. The lowest BCUT2D eigenvalue weighted by Crippen LogP contribution is -2.59. The molecule has 6 aliphatic carbocycles. The standard InChI is InChI=1S/C49H38N2/c1-2-12-32(13-3-1)46-38-16-6-11-21-45(38)50-47(51-46)33-22-23-43-44(29-33)49(39-17-7-4-14-36(39)37-15-5-8-18-40(37)49)42-20-10-9-19-41(42)48(43)34-25-30-24-31(27-34)28-35(48)26-30/h1-23,29-31,34-35H,24-28H2. The lowest BCUT2D eigenvalue weighted by molar-refractivity contribution is -0.0440. The molecule has 7 aromatic rings. The second-order valence-corrected chi connectivity index (χ2v) is 16.1. The monoisotopic (exact) mass is 654 g/mol. The summed E-state index contributed by atoms with van der Waals surface area (Å²) in [6.07, 6.45) is 6.88. The zero-order valence-corrected chi connectivity index (χ0v) is 28.6. The molecule has 1 heterocycles. The molecular weight excluding hydrogens is 617 g/mol. The van der Waals surface area contributed by atoms with E-state index in [0.717, 1.165) is 45.4 Å². The van der Waals surface area contributed by atoms with Crippen LogP contribution in [0.15, 0.2) is 146 Å². The van der Waals surface area contributed by atoms with Gasteiger partial charge >= 0.3 is 0 Å². The Morgan fingerprint density at radius 1 is 0.431 bits per heavy atom. The Hall–Kier alpha value is -5.34. The van der Waals surface area contributed by atoms with Crippen LogP contribution in [0.3, 0.4) is 0 Å². The van der Waals surface area contributed by atoms with Gasteiger partial charge in [0.25, 0.3) is 0 Å². The molecule has 2 heteroatoms. The van der Waals surface area contributed by atoms with Gasteiger partial charge in [-0.2, -0.15) is 0 Å². The first-order chi connectivity index (χ1) is 25.2. The molecule has 4 saturated carbocycles. The van der Waals surface area contributed by atoms with E-state index in [1.54, 1.807) is 11.1 Å². The summed E-state index contributed by atoms with van der Waals surface area (Å²) in [5, 5.41) is 1.09. The van der Waals surface area contributed by atoms with Crippen molar-refractivity contribution >= 4 is 10.9 Å². The summed E-state index contributed by atoms with van der Waals surface area (Å²) in [6.45, 7) is 0. The summed E-state index contributed by atoms with van der Waals surface area (Å²) in [5.74, 6) is 3.91. The van der Waals surface area contributed by atoms with Crippen molar-refractivity contribution in [3.05, 3.63) is 179 Å². The third-order valence-corrected chi connectivity index (χ3v) is 13.9. The molecule has 6 aromatic carbocycles. The van der Waals surface area contributed by atoms with Crippen molar-refractivity contribution in [3.8, 4) is 33.8 Å². The summed E-state index contributed by atoms with van der Waals surface area (Å²) in [7, 11) is 0. The zero-order valence-electron chi connectivity index (χ0n) is 28.6. The highest BCUT2D eigenvalue weighted by Crippen LogP contribution is 2.71. The molecule has 0 N–H and O–H groups in total. The maximum atomic E-state index is 5.40. The second-order valence-electron chi connectivity index (χ2n) is 16.1. The fourth-order valence-electron chi connectivity index (χ4n) is 12.5. The Kier molecular flexibility index (Phi) is 5.64. The van der Waals surface area contributed by atoms with Crippen molar-refractivity contribution < 1.29 is 0 Å². The molecule has 244 valence electrons. The first kappa shape index (κ1) is 28.4. The molecule has 4 bridgehead atoms. The molecule has 0 unspecified atom stereocenters. The van der Waals surface area contributed by atoms with Crippen molar-refractivity contribution in [3.63, 3.8) is 0 Å². The molecule has 2 nitrogen and oxygen atoms in total. The predicted molar refractivity (Wildman–Crippen MR) is 206 cm³/mol. The van der Waals surface area contributed by atoms with Crippen LogP contribution in [0.2, 0.25) is 0 Å². The smallest absolute Gasteiger partial charge is 0.160 e. The summed E-state index contributed by atoms with van der Waals surface area (Å²) in [5.41, 5.74) is 15.4. The number of nitrogens with zero attached hydrogens (tertiary/aromatic N) is 2. The molecule has 1 aromatic heterocycles. The molecule has 0 amide bonds. The highest BCUT2D eigenvalue weighted by Gasteiger charge is 2.64. The molecule has 13 rings (SSSR count). The van der Waals surface area contributed by atoms with Gasteiger partial charge in [-0.05, 0) is 112 Å². The van der Waals surface area contributed by atoms with Gasteiger partial charge in [-0.15, -0.1) is 0 Å². The highest BCUT2D eigenvalue weighted by molar-refractivity contribution is 5.94. The topological polar surface area (TPSA) is 25.8 Å². The van der Waals surface area contributed by atoms with Crippen LogP contribution in [0, 0.1) is 23.7 Å². The lowest BCUT2D eigenvalue weighted by Gasteiger charge is -2.65. The van der Waals surface area contributed by atoms with E-state index >= 15 is 0 Å². The number of hydrogen-bond donors (Lipinski definition) is 0. The van der Waals surface area contributed by atoms with E-state index in [0.29, 0.717) is 11.8 Å². The second kappa shape index (κ2) is 10.1. The maximum absolute atomic E-state index is 5.40. The van der Waals surface area contributed by atoms with Crippen LogP contribution in [0.4, 0.5) is 0 Å². The maximum Gasteiger partial charge on any atom is 0.160 e. The number of benzene rings is 6. The van der Waals surface area contributed by atoms with Gasteiger partial charge in [-0.25, -0.2) is 9.97 Å². The predicted octanol–water partition coefficient (Wildman–Crippen LogP) is 11.4. The number of para-hydroxylation sites is 1. The minimum absolute atomic E-state index is 0.0229. The molecule has 51 heavy (non-hydrogen) atoms. The zero-order chi connectivity index (χ0) is 33.3. The van der Waals surface area contributed by atoms with Crippen molar-refractivity contribution in [2.45, 2.75) is 42.9 Å². The van der Waals surface area contributed by atoms with Gasteiger partial charge in [0.05, 0.1) is 16.6 Å². The molecule has 2 spiro atoms. The first-order valence-corrected chi connectivity index (χ1v) is 19.0. The molecule has 0 atom stereocenters. The van der Waals surface area contributed by atoms with E-state index in [1.165, 1.54) is 65.5 Å². The summed E-state index contributed by atoms with van der Waals surface area (Å²) in [4.78, 5) is 10.7. The van der Waals surface area contributed by atoms with E-state index in [9.17, 15) is 0 Å². The SMILES string of the molecule is c1ccc(-c2nc(-c3ccc4c(c3)C3(c5ccccc5-c5ccccc53)c3ccccc3C43C4CC5CC(C4)CC3C5)nc3ccccc23)cc1. The fraction of sp³-hybridized carbons (Fsp3) is 0.224. The van der Waals surface area contributed by atoms with E-state index in [2.05, 4.69) is 146 Å². The highest BCUT2D eigenvalue weighted by atomic mass is 14.9. The molecule has 6 aliphatic rings. The summed E-state index contributed by atoms with van der Waals surface area (Å²) in [6, 6.07) is 54.7. The lowest BCUT2D eigenvalue weighted by atomic mass is 9.38. The van der Waals surface area contributed by atoms with Gasteiger partial charge in [0.15, 0.2) is 5.82 Å². The van der Waals surface area contributed by atoms with Gasteiger partial charge in [0.2, 0.25) is 0 Å². The normalized spacial score (nSPS) is 25.5. The molecule has 0 radical (unpaired) electrons. The van der Waals surface area contributed by atoms with Gasteiger partial charge in [-0.1, -0.05) is 133 Å². The van der Waals surface area contributed by atoms with Crippen LogP contribution >= 0.6 is 0 Å². The van der Waals surface area contributed by atoms with E-state index < -0.39 is 5.41 Å². The fourth-order valence-corrected chi connectivity index (χ4v) is 12.5. The molecule has 0 saturated heterocycles. The van der Waals surface area contributed by atoms with Crippen LogP contribution < -0.4 is 0 Å². The Morgan fingerprint density at radius 2 is 1.00 bits per heavy atom. The number of hydrogen-bond acceptors (Lipinski definition) is 2. The van der Waals surface area contributed by atoms with E-state index in [-0.39, 0.29) is 5.41 Å². The van der Waals surface area contributed by atoms with Crippen molar-refractivity contribution in [1.29, 1.82) is 0 Å². The van der Waals surface area contributed by atoms with Crippen molar-refractivity contribution in [1.82, 2.24) is 9.97 Å². The molecular formula is C49H38N2. The van der Waals surface area contributed by atoms with Gasteiger partial charge in [0.1, 0.15) is 0 Å². The largest absolute Gasteiger partial charge is 0.228 e. The minimum atomic E-state index is -0.422.